The summed E-state index contributed by atoms with van der Waals surface area (Å²) >= 11 is 0. The van der Waals surface area contributed by atoms with Gasteiger partial charge >= 0.3 is 0 Å². The summed E-state index contributed by atoms with van der Waals surface area (Å²) in [5.74, 6) is 0.889. The van der Waals surface area contributed by atoms with Crippen molar-refractivity contribution in [2.45, 2.75) is 26.2 Å². The molecule has 0 unspecified atom stereocenters. The van der Waals surface area contributed by atoms with Gasteiger partial charge in [-0.25, -0.2) is 4.98 Å². The maximum absolute atomic E-state index is 6.16. The van der Waals surface area contributed by atoms with Crippen molar-refractivity contribution >= 4 is 17.2 Å². The largest absolute Gasteiger partial charge is 0.396 e. The Kier molecular flexibility index (Phi) is 3.11. The normalized spacial score (nSPS) is 14.9. The highest BCUT2D eigenvalue weighted by Crippen LogP contribution is 2.34. The van der Waals surface area contributed by atoms with E-state index in [1.807, 2.05) is 19.2 Å². The number of pyridine rings is 1. The predicted octanol–water partition coefficient (Wildman–Crippen LogP) is 3.45. The standard InChI is InChI=1S/C16H19N3/c1-12-10-14(17)16(18-11-12)19-9-5-4-7-13-6-2-3-8-15(13)19/h2-3,6,8,10-11H,4-5,7,9,17H2,1H3. The van der Waals surface area contributed by atoms with Gasteiger partial charge in [0.05, 0.1) is 5.69 Å². The van der Waals surface area contributed by atoms with Crippen LogP contribution in [0.1, 0.15) is 24.0 Å². The zero-order chi connectivity index (χ0) is 13.2. The third kappa shape index (κ3) is 2.28. The molecule has 0 radical (unpaired) electrons. The molecular weight excluding hydrogens is 234 g/mol. The first-order valence-electron chi connectivity index (χ1n) is 6.83. The van der Waals surface area contributed by atoms with Crippen molar-refractivity contribution in [1.82, 2.24) is 4.98 Å². The molecule has 3 heteroatoms. The summed E-state index contributed by atoms with van der Waals surface area (Å²) in [6, 6.07) is 10.6. The highest BCUT2D eigenvalue weighted by molar-refractivity contribution is 5.73. The molecule has 98 valence electrons. The number of benzene rings is 1. The Hall–Kier alpha value is -2.03. The molecule has 3 rings (SSSR count). The van der Waals surface area contributed by atoms with Gasteiger partial charge in [0.25, 0.3) is 0 Å². The summed E-state index contributed by atoms with van der Waals surface area (Å²) in [6.45, 7) is 3.00. The van der Waals surface area contributed by atoms with Gasteiger partial charge in [-0.3, -0.25) is 0 Å². The molecular formula is C16H19N3. The van der Waals surface area contributed by atoms with E-state index in [2.05, 4.69) is 34.1 Å². The van der Waals surface area contributed by atoms with Gasteiger partial charge in [0, 0.05) is 18.4 Å². The summed E-state index contributed by atoms with van der Waals surface area (Å²) < 4.78 is 0. The van der Waals surface area contributed by atoms with Gasteiger partial charge in [0.1, 0.15) is 0 Å². The quantitative estimate of drug-likeness (QED) is 0.846. The zero-order valence-electron chi connectivity index (χ0n) is 11.3. The van der Waals surface area contributed by atoms with Crippen LogP contribution in [0.4, 0.5) is 17.2 Å². The van der Waals surface area contributed by atoms with Crippen molar-refractivity contribution < 1.29 is 0 Å². The zero-order valence-corrected chi connectivity index (χ0v) is 11.3. The minimum atomic E-state index is 0.761. The van der Waals surface area contributed by atoms with Crippen molar-refractivity contribution in [3.63, 3.8) is 0 Å². The van der Waals surface area contributed by atoms with Gasteiger partial charge in [-0.1, -0.05) is 18.2 Å². The third-order valence-corrected chi connectivity index (χ3v) is 3.65. The van der Waals surface area contributed by atoms with Gasteiger partial charge in [0.15, 0.2) is 5.82 Å². The maximum Gasteiger partial charge on any atom is 0.156 e. The molecule has 0 aliphatic carbocycles. The molecule has 1 aromatic carbocycles. The van der Waals surface area contributed by atoms with E-state index < -0.39 is 0 Å². The van der Waals surface area contributed by atoms with E-state index in [0.29, 0.717) is 0 Å². The summed E-state index contributed by atoms with van der Waals surface area (Å²) in [5, 5.41) is 0. The van der Waals surface area contributed by atoms with Crippen molar-refractivity contribution in [2.75, 3.05) is 17.2 Å². The van der Waals surface area contributed by atoms with Crippen LogP contribution in [-0.2, 0) is 6.42 Å². The lowest BCUT2D eigenvalue weighted by Crippen LogP contribution is -2.20. The molecule has 0 atom stereocenters. The highest BCUT2D eigenvalue weighted by Gasteiger charge is 2.19. The fraction of sp³-hybridized carbons (Fsp3) is 0.312. The molecule has 0 amide bonds. The Morgan fingerprint density at radius 3 is 2.89 bits per heavy atom. The molecule has 3 nitrogen and oxygen atoms in total. The van der Waals surface area contributed by atoms with Crippen molar-refractivity contribution in [3.8, 4) is 0 Å². The molecule has 2 N–H and O–H groups in total. The van der Waals surface area contributed by atoms with Crippen LogP contribution in [0.5, 0.6) is 0 Å². The lowest BCUT2D eigenvalue weighted by molar-refractivity contribution is 0.758. The van der Waals surface area contributed by atoms with E-state index in [1.165, 1.54) is 24.1 Å². The average molecular weight is 253 g/mol. The predicted molar refractivity (Wildman–Crippen MR) is 79.8 cm³/mol. The van der Waals surface area contributed by atoms with Crippen molar-refractivity contribution in [1.29, 1.82) is 0 Å². The highest BCUT2D eigenvalue weighted by atomic mass is 15.2. The van der Waals surface area contributed by atoms with Crippen molar-refractivity contribution in [3.05, 3.63) is 47.7 Å². The van der Waals surface area contributed by atoms with Crippen LogP contribution in [0.3, 0.4) is 0 Å². The number of hydrogen-bond donors (Lipinski definition) is 1. The molecule has 1 aliphatic rings. The van der Waals surface area contributed by atoms with E-state index in [1.54, 1.807) is 0 Å². The molecule has 0 saturated heterocycles. The molecule has 0 spiro atoms. The summed E-state index contributed by atoms with van der Waals surface area (Å²) in [7, 11) is 0. The fourth-order valence-corrected chi connectivity index (χ4v) is 2.72. The second-order valence-corrected chi connectivity index (χ2v) is 5.16. The van der Waals surface area contributed by atoms with Crippen LogP contribution >= 0.6 is 0 Å². The van der Waals surface area contributed by atoms with Crippen LogP contribution < -0.4 is 10.6 Å². The number of aryl methyl sites for hydroxylation is 2. The first-order valence-corrected chi connectivity index (χ1v) is 6.83. The molecule has 0 saturated carbocycles. The number of nitrogens with zero attached hydrogens (tertiary/aromatic N) is 2. The van der Waals surface area contributed by atoms with E-state index in [-0.39, 0.29) is 0 Å². The Bertz CT molecular complexity index is 592. The number of hydrogen-bond acceptors (Lipinski definition) is 3. The van der Waals surface area contributed by atoms with Gasteiger partial charge < -0.3 is 10.6 Å². The lowest BCUT2D eigenvalue weighted by Gasteiger charge is -2.25. The smallest absolute Gasteiger partial charge is 0.156 e. The number of nitrogen functional groups attached to an aromatic ring is 1. The second-order valence-electron chi connectivity index (χ2n) is 5.16. The van der Waals surface area contributed by atoms with Gasteiger partial charge in [-0.05, 0) is 49.4 Å². The number of fused-ring (bicyclic) bond motifs is 1. The first kappa shape index (κ1) is 12.0. The van der Waals surface area contributed by atoms with Gasteiger partial charge in [-0.2, -0.15) is 0 Å². The van der Waals surface area contributed by atoms with E-state index in [4.69, 9.17) is 5.73 Å². The molecule has 19 heavy (non-hydrogen) atoms. The van der Waals surface area contributed by atoms with E-state index >= 15 is 0 Å². The van der Waals surface area contributed by atoms with E-state index in [9.17, 15) is 0 Å². The molecule has 2 aromatic rings. The Balaban J connectivity index is 2.09. The number of anilines is 3. The van der Waals surface area contributed by atoms with Crippen LogP contribution in [0.25, 0.3) is 0 Å². The third-order valence-electron chi connectivity index (χ3n) is 3.65. The van der Waals surface area contributed by atoms with Gasteiger partial charge in [-0.15, -0.1) is 0 Å². The summed E-state index contributed by atoms with van der Waals surface area (Å²) in [4.78, 5) is 6.80. The SMILES string of the molecule is Cc1cnc(N2CCCCc3ccccc32)c(N)c1. The lowest BCUT2D eigenvalue weighted by atomic mass is 10.1. The minimum absolute atomic E-state index is 0.761. The Morgan fingerprint density at radius 2 is 2.05 bits per heavy atom. The average Bonchev–Trinajstić information content (AvgIpc) is 2.61. The van der Waals surface area contributed by atoms with Crippen molar-refractivity contribution in [2.24, 2.45) is 0 Å². The molecule has 1 aromatic heterocycles. The number of nitrogens with two attached hydrogens (primary N) is 1. The Labute approximate surface area is 114 Å². The molecule has 2 heterocycles. The molecule has 1 aliphatic heterocycles. The number of para-hydroxylation sites is 1. The van der Waals surface area contributed by atoms with E-state index in [0.717, 1.165) is 30.0 Å². The Morgan fingerprint density at radius 1 is 1.21 bits per heavy atom. The summed E-state index contributed by atoms with van der Waals surface area (Å²) in [5.41, 5.74) is 10.7. The summed E-state index contributed by atoms with van der Waals surface area (Å²) in [6.07, 6.45) is 5.42. The minimum Gasteiger partial charge on any atom is -0.396 e. The number of aromatic nitrogens is 1. The maximum atomic E-state index is 6.16. The van der Waals surface area contributed by atoms with Crippen LogP contribution in [0.15, 0.2) is 36.5 Å². The molecule has 0 fully saturated rings. The molecule has 0 bridgehead atoms. The monoisotopic (exact) mass is 253 g/mol. The van der Waals surface area contributed by atoms with Crippen LogP contribution in [-0.4, -0.2) is 11.5 Å². The van der Waals surface area contributed by atoms with Crippen LogP contribution in [0, 0.1) is 6.92 Å². The fourth-order valence-electron chi connectivity index (χ4n) is 2.72. The topological polar surface area (TPSA) is 42.2 Å². The second kappa shape index (κ2) is 4.92. The van der Waals surface area contributed by atoms with Crippen LogP contribution in [0.2, 0.25) is 0 Å². The first-order chi connectivity index (χ1) is 9.25. The van der Waals surface area contributed by atoms with Gasteiger partial charge in [0.2, 0.25) is 0 Å². The number of rotatable bonds is 1.